The first-order chi connectivity index (χ1) is 14.6. The number of hydrogen-bond donors (Lipinski definition) is 1. The first-order valence-electron chi connectivity index (χ1n) is 9.51. The molecule has 0 aliphatic carbocycles. The molecule has 0 saturated carbocycles. The molecule has 0 radical (unpaired) electrons. The average molecular weight is 422 g/mol. The van der Waals surface area contributed by atoms with E-state index < -0.39 is 5.97 Å². The third-order valence-corrected chi connectivity index (χ3v) is 5.34. The number of amides is 1. The molecule has 0 fully saturated rings. The summed E-state index contributed by atoms with van der Waals surface area (Å²) in [5.41, 5.74) is 2.79. The Bertz CT molecular complexity index is 974. The third-order valence-electron chi connectivity index (χ3n) is 4.19. The smallest absolute Gasteiger partial charge is 0.316 e. The van der Waals surface area contributed by atoms with Crippen molar-refractivity contribution in [1.82, 2.24) is 0 Å². The van der Waals surface area contributed by atoms with Gasteiger partial charge in [0.15, 0.2) is 6.61 Å². The Morgan fingerprint density at radius 2 is 1.60 bits per heavy atom. The fraction of sp³-hybridized carbons (Fsp3) is 0.167. The number of carbonyl (C=O) groups is 2. The molecule has 0 aliphatic heterocycles. The van der Waals surface area contributed by atoms with E-state index >= 15 is 0 Å². The largest absolute Gasteiger partial charge is 0.489 e. The summed E-state index contributed by atoms with van der Waals surface area (Å²) in [6.07, 6.45) is 0. The molecule has 6 heteroatoms. The van der Waals surface area contributed by atoms with Gasteiger partial charge in [-0.3, -0.25) is 9.59 Å². The Balaban J connectivity index is 1.38. The molecule has 0 atom stereocenters. The molecule has 3 aromatic rings. The predicted molar refractivity (Wildman–Crippen MR) is 119 cm³/mol. The van der Waals surface area contributed by atoms with E-state index in [1.165, 1.54) is 11.8 Å². The number of benzene rings is 3. The quantitative estimate of drug-likeness (QED) is 0.395. The number of esters is 1. The van der Waals surface area contributed by atoms with E-state index in [0.717, 1.165) is 16.0 Å². The van der Waals surface area contributed by atoms with Crippen LogP contribution in [-0.2, 0) is 20.9 Å². The predicted octanol–water partition coefficient (Wildman–Crippen LogP) is 4.85. The standard InChI is InChI=1S/C24H23NO4S/c1-18-7-5-6-10-22(18)30-17-24(27)29-16-23(26)25-20-11-13-21(14-12-20)28-15-19-8-3-2-4-9-19/h2-14H,15-17H2,1H3,(H,25,26). The zero-order valence-electron chi connectivity index (χ0n) is 16.7. The fourth-order valence-corrected chi connectivity index (χ4v) is 3.44. The Hall–Kier alpha value is -3.25. The number of nitrogens with one attached hydrogen (secondary N) is 1. The van der Waals surface area contributed by atoms with Gasteiger partial charge in [0.2, 0.25) is 0 Å². The molecule has 0 heterocycles. The fourth-order valence-electron chi connectivity index (χ4n) is 2.62. The van der Waals surface area contributed by atoms with Gasteiger partial charge in [0.1, 0.15) is 12.4 Å². The summed E-state index contributed by atoms with van der Waals surface area (Å²) in [5.74, 6) is 0.0488. The molecule has 154 valence electrons. The zero-order chi connectivity index (χ0) is 21.2. The van der Waals surface area contributed by atoms with Gasteiger partial charge in [-0.2, -0.15) is 0 Å². The van der Waals surface area contributed by atoms with Crippen LogP contribution >= 0.6 is 11.8 Å². The number of thioether (sulfide) groups is 1. The molecule has 3 rings (SSSR count). The summed E-state index contributed by atoms with van der Waals surface area (Å²) < 4.78 is 10.8. The van der Waals surface area contributed by atoms with Crippen molar-refractivity contribution in [1.29, 1.82) is 0 Å². The molecule has 3 aromatic carbocycles. The molecule has 0 unspecified atom stereocenters. The minimum absolute atomic E-state index is 0.158. The second kappa shape index (κ2) is 11.1. The highest BCUT2D eigenvalue weighted by atomic mass is 32.2. The van der Waals surface area contributed by atoms with Crippen molar-refractivity contribution in [3.05, 3.63) is 90.0 Å². The third kappa shape index (κ3) is 6.97. The maximum absolute atomic E-state index is 12.0. The summed E-state index contributed by atoms with van der Waals surface area (Å²) in [4.78, 5) is 24.9. The number of rotatable bonds is 9. The molecule has 5 nitrogen and oxygen atoms in total. The van der Waals surface area contributed by atoms with Crippen molar-refractivity contribution < 1.29 is 19.1 Å². The number of hydrogen-bond acceptors (Lipinski definition) is 5. The number of aryl methyl sites for hydroxylation is 1. The minimum Gasteiger partial charge on any atom is -0.489 e. The first-order valence-corrected chi connectivity index (χ1v) is 10.5. The van der Waals surface area contributed by atoms with E-state index in [1.54, 1.807) is 24.3 Å². The highest BCUT2D eigenvalue weighted by Crippen LogP contribution is 2.21. The molecule has 0 bridgehead atoms. The molecule has 0 saturated heterocycles. The number of ether oxygens (including phenoxy) is 2. The van der Waals surface area contributed by atoms with Gasteiger partial charge in [-0.25, -0.2) is 0 Å². The van der Waals surface area contributed by atoms with Gasteiger partial charge in [-0.05, 0) is 48.4 Å². The number of carbonyl (C=O) groups excluding carboxylic acids is 2. The van der Waals surface area contributed by atoms with Crippen molar-refractivity contribution in [3.63, 3.8) is 0 Å². The van der Waals surface area contributed by atoms with Gasteiger partial charge in [0.25, 0.3) is 5.91 Å². The van der Waals surface area contributed by atoms with Crippen LogP contribution < -0.4 is 10.1 Å². The second-order valence-electron chi connectivity index (χ2n) is 6.56. The summed E-state index contributed by atoms with van der Waals surface area (Å²) in [6, 6.07) is 24.7. The van der Waals surface area contributed by atoms with Gasteiger partial charge < -0.3 is 14.8 Å². The van der Waals surface area contributed by atoms with E-state index in [0.29, 0.717) is 18.0 Å². The summed E-state index contributed by atoms with van der Waals surface area (Å²) in [6.45, 7) is 2.14. The van der Waals surface area contributed by atoms with Crippen LogP contribution in [0.1, 0.15) is 11.1 Å². The van der Waals surface area contributed by atoms with Gasteiger partial charge in [0.05, 0.1) is 5.75 Å². The lowest BCUT2D eigenvalue weighted by Gasteiger charge is -2.09. The van der Waals surface area contributed by atoms with Crippen LogP contribution in [0.4, 0.5) is 5.69 Å². The van der Waals surface area contributed by atoms with E-state index in [2.05, 4.69) is 5.32 Å². The first kappa shape index (κ1) is 21.5. The van der Waals surface area contributed by atoms with E-state index in [1.807, 2.05) is 61.5 Å². The SMILES string of the molecule is Cc1ccccc1SCC(=O)OCC(=O)Nc1ccc(OCc2ccccc2)cc1. The van der Waals surface area contributed by atoms with Crippen molar-refractivity contribution >= 4 is 29.3 Å². The highest BCUT2D eigenvalue weighted by Gasteiger charge is 2.09. The van der Waals surface area contributed by atoms with Crippen LogP contribution in [0.5, 0.6) is 5.75 Å². The lowest BCUT2D eigenvalue weighted by Crippen LogP contribution is -2.21. The van der Waals surface area contributed by atoms with E-state index in [-0.39, 0.29) is 18.3 Å². The minimum atomic E-state index is -0.428. The van der Waals surface area contributed by atoms with Crippen LogP contribution in [0.25, 0.3) is 0 Å². The normalized spacial score (nSPS) is 10.3. The van der Waals surface area contributed by atoms with Gasteiger partial charge in [-0.15, -0.1) is 11.8 Å². The maximum atomic E-state index is 12.0. The Labute approximate surface area is 180 Å². The van der Waals surface area contributed by atoms with Crippen LogP contribution in [0.15, 0.2) is 83.8 Å². The lowest BCUT2D eigenvalue weighted by molar-refractivity contribution is -0.144. The van der Waals surface area contributed by atoms with Crippen molar-refractivity contribution in [2.45, 2.75) is 18.4 Å². The highest BCUT2D eigenvalue weighted by molar-refractivity contribution is 8.00. The Morgan fingerprint density at radius 3 is 2.33 bits per heavy atom. The van der Waals surface area contributed by atoms with Crippen LogP contribution in [-0.4, -0.2) is 24.2 Å². The molecule has 0 spiro atoms. The summed E-state index contributed by atoms with van der Waals surface area (Å²) in [5, 5.41) is 2.70. The maximum Gasteiger partial charge on any atom is 0.316 e. The molecule has 1 N–H and O–H groups in total. The Kier molecular flexibility index (Phi) is 7.92. The Morgan fingerprint density at radius 1 is 0.900 bits per heavy atom. The lowest BCUT2D eigenvalue weighted by atomic mass is 10.2. The van der Waals surface area contributed by atoms with Crippen molar-refractivity contribution in [3.8, 4) is 5.75 Å². The zero-order valence-corrected chi connectivity index (χ0v) is 17.5. The van der Waals surface area contributed by atoms with Crippen molar-refractivity contribution in [2.75, 3.05) is 17.7 Å². The summed E-state index contributed by atoms with van der Waals surface area (Å²) >= 11 is 1.40. The van der Waals surface area contributed by atoms with Crippen LogP contribution in [0, 0.1) is 6.92 Å². The van der Waals surface area contributed by atoms with Crippen molar-refractivity contribution in [2.24, 2.45) is 0 Å². The van der Waals surface area contributed by atoms with E-state index in [9.17, 15) is 9.59 Å². The number of anilines is 1. The molecular formula is C24H23NO4S. The average Bonchev–Trinajstić information content (AvgIpc) is 2.77. The summed E-state index contributed by atoms with van der Waals surface area (Å²) in [7, 11) is 0. The molecular weight excluding hydrogens is 398 g/mol. The van der Waals surface area contributed by atoms with Gasteiger partial charge in [0, 0.05) is 10.6 Å². The van der Waals surface area contributed by atoms with Crippen LogP contribution in [0.2, 0.25) is 0 Å². The van der Waals surface area contributed by atoms with Gasteiger partial charge in [-0.1, -0.05) is 48.5 Å². The molecule has 0 aromatic heterocycles. The van der Waals surface area contributed by atoms with E-state index in [4.69, 9.17) is 9.47 Å². The molecule has 30 heavy (non-hydrogen) atoms. The topological polar surface area (TPSA) is 64.6 Å². The second-order valence-corrected chi connectivity index (χ2v) is 7.58. The van der Waals surface area contributed by atoms with Gasteiger partial charge >= 0.3 is 5.97 Å². The monoisotopic (exact) mass is 421 g/mol. The molecule has 0 aliphatic rings. The van der Waals surface area contributed by atoms with Crippen LogP contribution in [0.3, 0.4) is 0 Å². The molecule has 1 amide bonds.